The third-order valence-corrected chi connectivity index (χ3v) is 2.85. The monoisotopic (exact) mass is 196 g/mol. The van der Waals surface area contributed by atoms with Gasteiger partial charge in [-0.15, -0.1) is 0 Å². The molecule has 1 unspecified atom stereocenters. The van der Waals surface area contributed by atoms with Gasteiger partial charge < -0.3 is 4.90 Å². The van der Waals surface area contributed by atoms with Gasteiger partial charge in [0.25, 0.3) is 0 Å². The summed E-state index contributed by atoms with van der Waals surface area (Å²) in [7, 11) is 2.16. The maximum Gasteiger partial charge on any atom is 0.0991 e. The van der Waals surface area contributed by atoms with Crippen molar-refractivity contribution in [2.24, 2.45) is 4.99 Å². The van der Waals surface area contributed by atoms with Gasteiger partial charge in [-0.05, 0) is 13.3 Å². The number of aliphatic imine (C=N–C) groups is 1. The van der Waals surface area contributed by atoms with Gasteiger partial charge in [0, 0.05) is 20.0 Å². The van der Waals surface area contributed by atoms with Gasteiger partial charge in [-0.1, -0.05) is 32.6 Å². The van der Waals surface area contributed by atoms with Crippen LogP contribution in [-0.2, 0) is 0 Å². The highest BCUT2D eigenvalue weighted by Crippen LogP contribution is 2.12. The van der Waals surface area contributed by atoms with Crippen LogP contribution in [0.25, 0.3) is 0 Å². The predicted molar refractivity (Wildman–Crippen MR) is 62.9 cm³/mol. The van der Waals surface area contributed by atoms with Crippen molar-refractivity contribution in [3.8, 4) is 0 Å². The quantitative estimate of drug-likeness (QED) is 0.596. The van der Waals surface area contributed by atoms with E-state index in [2.05, 4.69) is 30.8 Å². The van der Waals surface area contributed by atoms with Crippen LogP contribution in [-0.4, -0.2) is 30.4 Å². The van der Waals surface area contributed by atoms with Gasteiger partial charge in [0.15, 0.2) is 0 Å². The number of hydrogen-bond donors (Lipinski definition) is 0. The van der Waals surface area contributed by atoms with Crippen LogP contribution >= 0.6 is 0 Å². The van der Waals surface area contributed by atoms with Gasteiger partial charge in [0.2, 0.25) is 0 Å². The molecule has 0 aromatic heterocycles. The molecule has 82 valence electrons. The van der Waals surface area contributed by atoms with Crippen molar-refractivity contribution in [1.82, 2.24) is 4.90 Å². The van der Waals surface area contributed by atoms with Crippen LogP contribution in [0.5, 0.6) is 0 Å². The molecule has 0 N–H and O–H groups in total. The van der Waals surface area contributed by atoms with Gasteiger partial charge in [0.1, 0.15) is 0 Å². The molecule has 2 nitrogen and oxygen atoms in total. The molecule has 1 aliphatic rings. The molecule has 1 rings (SSSR count). The van der Waals surface area contributed by atoms with Crippen molar-refractivity contribution < 1.29 is 0 Å². The molecule has 0 bridgehead atoms. The maximum atomic E-state index is 4.63. The molecule has 14 heavy (non-hydrogen) atoms. The van der Waals surface area contributed by atoms with Crippen molar-refractivity contribution >= 4 is 5.84 Å². The Morgan fingerprint density at radius 1 is 1.29 bits per heavy atom. The standard InChI is InChI=1S/C12H24N2/c1-4-5-6-7-8-9-12-13-11(2)10-14(12)3/h11H,4-10H2,1-3H3. The van der Waals surface area contributed by atoms with Crippen LogP contribution in [0.15, 0.2) is 4.99 Å². The number of amidine groups is 1. The number of unbranched alkanes of at least 4 members (excludes halogenated alkanes) is 4. The molecule has 0 amide bonds. The summed E-state index contributed by atoms with van der Waals surface area (Å²) in [6.07, 6.45) is 7.98. The lowest BCUT2D eigenvalue weighted by atomic mass is 10.1. The van der Waals surface area contributed by atoms with Crippen LogP contribution in [0.2, 0.25) is 0 Å². The van der Waals surface area contributed by atoms with E-state index in [0.717, 1.165) is 6.54 Å². The molecule has 0 aromatic rings. The topological polar surface area (TPSA) is 15.6 Å². The molecule has 0 fully saturated rings. The molecule has 0 aromatic carbocycles. The molecule has 0 spiro atoms. The lowest BCUT2D eigenvalue weighted by Gasteiger charge is -2.13. The highest BCUT2D eigenvalue weighted by atomic mass is 15.2. The van der Waals surface area contributed by atoms with Crippen LogP contribution in [0.3, 0.4) is 0 Å². The summed E-state index contributed by atoms with van der Waals surface area (Å²) in [6, 6.07) is 0.519. The summed E-state index contributed by atoms with van der Waals surface area (Å²) in [5.41, 5.74) is 0. The Hall–Kier alpha value is -0.530. The Bertz CT molecular complexity index is 187. The first kappa shape index (κ1) is 11.5. The van der Waals surface area contributed by atoms with Crippen molar-refractivity contribution in [2.45, 2.75) is 58.4 Å². The van der Waals surface area contributed by atoms with E-state index in [4.69, 9.17) is 0 Å². The SMILES string of the molecule is CCCCCCCC1=NC(C)CN1C. The zero-order valence-electron chi connectivity index (χ0n) is 9.92. The minimum absolute atomic E-state index is 0.519. The van der Waals surface area contributed by atoms with Crippen LogP contribution in [0.1, 0.15) is 52.4 Å². The first-order valence-corrected chi connectivity index (χ1v) is 6.02. The minimum Gasteiger partial charge on any atom is -0.361 e. The van der Waals surface area contributed by atoms with Crippen molar-refractivity contribution in [3.63, 3.8) is 0 Å². The number of rotatable bonds is 6. The Labute approximate surface area is 88.4 Å². The molecule has 0 saturated carbocycles. The molecule has 2 heteroatoms. The fraction of sp³-hybridized carbons (Fsp3) is 0.917. The summed E-state index contributed by atoms with van der Waals surface area (Å²) in [6.45, 7) is 5.57. The smallest absolute Gasteiger partial charge is 0.0991 e. The number of likely N-dealkylation sites (N-methyl/N-ethyl adjacent to an activating group) is 1. The van der Waals surface area contributed by atoms with Gasteiger partial charge in [0.05, 0.1) is 11.9 Å². The van der Waals surface area contributed by atoms with E-state index < -0.39 is 0 Å². The van der Waals surface area contributed by atoms with Crippen LogP contribution in [0, 0.1) is 0 Å². The highest BCUT2D eigenvalue weighted by molar-refractivity contribution is 5.83. The summed E-state index contributed by atoms with van der Waals surface area (Å²) >= 11 is 0. The van der Waals surface area contributed by atoms with Gasteiger partial charge in [-0.2, -0.15) is 0 Å². The van der Waals surface area contributed by atoms with E-state index in [0.29, 0.717) is 6.04 Å². The Balaban J connectivity index is 2.09. The fourth-order valence-corrected chi connectivity index (χ4v) is 2.04. The van der Waals surface area contributed by atoms with Gasteiger partial charge in [-0.3, -0.25) is 4.99 Å². The van der Waals surface area contributed by atoms with E-state index >= 15 is 0 Å². The molecule has 1 atom stereocenters. The maximum absolute atomic E-state index is 4.63. The first-order valence-electron chi connectivity index (χ1n) is 6.02. The van der Waals surface area contributed by atoms with Gasteiger partial charge in [-0.25, -0.2) is 0 Å². The second-order valence-electron chi connectivity index (χ2n) is 4.44. The molecule has 1 heterocycles. The van der Waals surface area contributed by atoms with E-state index in [-0.39, 0.29) is 0 Å². The Morgan fingerprint density at radius 2 is 2.00 bits per heavy atom. The molecule has 1 aliphatic heterocycles. The average molecular weight is 196 g/mol. The highest BCUT2D eigenvalue weighted by Gasteiger charge is 2.17. The Kier molecular flexibility index (Phi) is 4.99. The normalized spacial score (nSPS) is 21.5. The third kappa shape index (κ3) is 3.69. The molecule has 0 radical (unpaired) electrons. The van der Waals surface area contributed by atoms with Crippen LogP contribution < -0.4 is 0 Å². The molecule has 0 saturated heterocycles. The number of hydrogen-bond acceptors (Lipinski definition) is 2. The average Bonchev–Trinajstić information content (AvgIpc) is 2.45. The summed E-state index contributed by atoms with van der Waals surface area (Å²) < 4.78 is 0. The van der Waals surface area contributed by atoms with Crippen molar-refractivity contribution in [2.75, 3.05) is 13.6 Å². The zero-order valence-corrected chi connectivity index (χ0v) is 9.92. The van der Waals surface area contributed by atoms with E-state index in [1.807, 2.05) is 0 Å². The fourth-order valence-electron chi connectivity index (χ4n) is 2.04. The van der Waals surface area contributed by atoms with E-state index in [1.54, 1.807) is 0 Å². The third-order valence-electron chi connectivity index (χ3n) is 2.85. The van der Waals surface area contributed by atoms with Crippen molar-refractivity contribution in [1.29, 1.82) is 0 Å². The molecule has 0 aliphatic carbocycles. The lowest BCUT2D eigenvalue weighted by Crippen LogP contribution is -2.23. The van der Waals surface area contributed by atoms with Crippen molar-refractivity contribution in [3.05, 3.63) is 0 Å². The predicted octanol–water partition coefficient (Wildman–Crippen LogP) is 3.08. The second-order valence-corrected chi connectivity index (χ2v) is 4.44. The zero-order chi connectivity index (χ0) is 10.4. The lowest BCUT2D eigenvalue weighted by molar-refractivity contribution is 0.501. The van der Waals surface area contributed by atoms with Gasteiger partial charge >= 0.3 is 0 Å². The number of nitrogens with zero attached hydrogens (tertiary/aromatic N) is 2. The van der Waals surface area contributed by atoms with E-state index in [9.17, 15) is 0 Å². The molecular weight excluding hydrogens is 172 g/mol. The summed E-state index contributed by atoms with van der Waals surface area (Å²) in [5, 5.41) is 0. The Morgan fingerprint density at radius 3 is 2.57 bits per heavy atom. The minimum atomic E-state index is 0.519. The summed E-state index contributed by atoms with van der Waals surface area (Å²) in [5.74, 6) is 1.33. The summed E-state index contributed by atoms with van der Waals surface area (Å²) in [4.78, 5) is 6.94. The van der Waals surface area contributed by atoms with Crippen LogP contribution in [0.4, 0.5) is 0 Å². The molecular formula is C12H24N2. The second kappa shape index (κ2) is 6.05. The largest absolute Gasteiger partial charge is 0.361 e. The van der Waals surface area contributed by atoms with E-state index in [1.165, 1.54) is 44.4 Å². The first-order chi connectivity index (χ1) is 6.74.